The molecule has 0 bridgehead atoms. The van der Waals surface area contributed by atoms with Crippen LogP contribution in [0.1, 0.15) is 35.6 Å². The highest BCUT2D eigenvalue weighted by molar-refractivity contribution is 6.07. The number of benzene rings is 2. The summed E-state index contributed by atoms with van der Waals surface area (Å²) in [4.78, 5) is 16.7. The number of hydrogen-bond acceptors (Lipinski definition) is 4. The zero-order valence-electron chi connectivity index (χ0n) is 16.3. The fourth-order valence-corrected chi connectivity index (χ4v) is 2.64. The van der Waals surface area contributed by atoms with Crippen LogP contribution in [0.15, 0.2) is 67.0 Å². The maximum atomic E-state index is 12.5. The standard InChI is InChI=1S/C23H24N2O3/c1-17(2)28-22-7-5-4-6-19(22)10-13-21(26)18-8-11-20(12-9-18)27-16-23-24-14-15-25(23)3/h4-15,17H,16H2,1-3H3/b13-10+. The number of ketones is 1. The van der Waals surface area contributed by atoms with Gasteiger partial charge in [0.25, 0.3) is 0 Å². The smallest absolute Gasteiger partial charge is 0.185 e. The monoisotopic (exact) mass is 376 g/mol. The van der Waals surface area contributed by atoms with Crippen molar-refractivity contribution < 1.29 is 14.3 Å². The molecule has 0 N–H and O–H groups in total. The van der Waals surface area contributed by atoms with E-state index in [0.29, 0.717) is 17.9 Å². The van der Waals surface area contributed by atoms with Gasteiger partial charge in [0.2, 0.25) is 0 Å². The van der Waals surface area contributed by atoms with Crippen LogP contribution >= 0.6 is 0 Å². The summed E-state index contributed by atoms with van der Waals surface area (Å²) in [7, 11) is 1.92. The summed E-state index contributed by atoms with van der Waals surface area (Å²) in [5.74, 6) is 2.22. The van der Waals surface area contributed by atoms with Gasteiger partial charge in [0.15, 0.2) is 5.78 Å². The Balaban J connectivity index is 1.63. The van der Waals surface area contributed by atoms with Gasteiger partial charge < -0.3 is 14.0 Å². The number of hydrogen-bond donors (Lipinski definition) is 0. The third-order valence-corrected chi connectivity index (χ3v) is 4.12. The van der Waals surface area contributed by atoms with E-state index in [1.165, 1.54) is 0 Å². The van der Waals surface area contributed by atoms with Crippen LogP contribution in [0.2, 0.25) is 0 Å². The minimum Gasteiger partial charge on any atom is -0.490 e. The van der Waals surface area contributed by atoms with E-state index >= 15 is 0 Å². The molecule has 1 heterocycles. The van der Waals surface area contributed by atoms with Crippen LogP contribution in [-0.4, -0.2) is 21.4 Å². The van der Waals surface area contributed by atoms with Gasteiger partial charge in [-0.3, -0.25) is 4.79 Å². The van der Waals surface area contributed by atoms with Crippen LogP contribution in [0.5, 0.6) is 11.5 Å². The Hall–Kier alpha value is -3.34. The van der Waals surface area contributed by atoms with E-state index in [1.54, 1.807) is 42.6 Å². The van der Waals surface area contributed by atoms with Crippen molar-refractivity contribution in [3.05, 3.63) is 84.0 Å². The second-order valence-electron chi connectivity index (χ2n) is 6.67. The van der Waals surface area contributed by atoms with Gasteiger partial charge in [-0.05, 0) is 56.3 Å². The fourth-order valence-electron chi connectivity index (χ4n) is 2.64. The number of aromatic nitrogens is 2. The van der Waals surface area contributed by atoms with Crippen molar-refractivity contribution in [2.45, 2.75) is 26.6 Å². The Morgan fingerprint density at radius 3 is 2.57 bits per heavy atom. The molecule has 2 aromatic carbocycles. The number of ether oxygens (including phenoxy) is 2. The van der Waals surface area contributed by atoms with E-state index in [-0.39, 0.29) is 11.9 Å². The summed E-state index contributed by atoms with van der Waals surface area (Å²) >= 11 is 0. The molecule has 5 heteroatoms. The van der Waals surface area contributed by atoms with Crippen LogP contribution < -0.4 is 9.47 Å². The fraction of sp³-hybridized carbons (Fsp3) is 0.217. The molecule has 0 aliphatic carbocycles. The second-order valence-corrected chi connectivity index (χ2v) is 6.67. The molecule has 0 unspecified atom stereocenters. The molecule has 0 fully saturated rings. The van der Waals surface area contributed by atoms with Gasteiger partial charge in [-0.1, -0.05) is 18.2 Å². The molecule has 0 aliphatic heterocycles. The van der Waals surface area contributed by atoms with Gasteiger partial charge in [0.1, 0.15) is 23.9 Å². The molecule has 0 saturated heterocycles. The maximum absolute atomic E-state index is 12.5. The Morgan fingerprint density at radius 1 is 1.14 bits per heavy atom. The number of nitrogens with zero attached hydrogens (tertiary/aromatic N) is 2. The highest BCUT2D eigenvalue weighted by Gasteiger charge is 2.06. The third-order valence-electron chi connectivity index (χ3n) is 4.12. The maximum Gasteiger partial charge on any atom is 0.185 e. The van der Waals surface area contributed by atoms with E-state index in [4.69, 9.17) is 9.47 Å². The lowest BCUT2D eigenvalue weighted by atomic mass is 10.1. The second kappa shape index (κ2) is 9.04. The van der Waals surface area contributed by atoms with Crippen molar-refractivity contribution in [1.82, 2.24) is 9.55 Å². The zero-order valence-corrected chi connectivity index (χ0v) is 16.3. The van der Waals surface area contributed by atoms with E-state index in [0.717, 1.165) is 17.1 Å². The van der Waals surface area contributed by atoms with Crippen LogP contribution in [0.25, 0.3) is 6.08 Å². The summed E-state index contributed by atoms with van der Waals surface area (Å²) in [6, 6.07) is 14.8. The number of para-hydroxylation sites is 1. The predicted molar refractivity (Wildman–Crippen MR) is 110 cm³/mol. The minimum atomic E-state index is -0.0741. The third kappa shape index (κ3) is 5.10. The quantitative estimate of drug-likeness (QED) is 0.423. The highest BCUT2D eigenvalue weighted by Crippen LogP contribution is 2.21. The Labute approximate surface area is 165 Å². The molecule has 3 aromatic rings. The van der Waals surface area contributed by atoms with Crippen LogP contribution in [-0.2, 0) is 13.7 Å². The van der Waals surface area contributed by atoms with Crippen LogP contribution in [0.3, 0.4) is 0 Å². The topological polar surface area (TPSA) is 53.4 Å². The summed E-state index contributed by atoms with van der Waals surface area (Å²) < 4.78 is 13.4. The predicted octanol–water partition coefficient (Wildman–Crippen LogP) is 4.68. The lowest BCUT2D eigenvalue weighted by Crippen LogP contribution is -2.06. The first-order chi connectivity index (χ1) is 13.5. The molecule has 0 amide bonds. The zero-order chi connectivity index (χ0) is 19.9. The normalized spacial score (nSPS) is 11.1. The van der Waals surface area contributed by atoms with Gasteiger partial charge >= 0.3 is 0 Å². The SMILES string of the molecule is CC(C)Oc1ccccc1/C=C/C(=O)c1ccc(OCc2nccn2C)cc1. The molecule has 0 saturated carbocycles. The van der Waals surface area contributed by atoms with Crippen molar-refractivity contribution in [2.24, 2.45) is 7.05 Å². The van der Waals surface area contributed by atoms with Gasteiger partial charge in [-0.25, -0.2) is 4.98 Å². The average Bonchev–Trinajstić information content (AvgIpc) is 3.10. The summed E-state index contributed by atoms with van der Waals surface area (Å²) in [5.41, 5.74) is 1.47. The molecular formula is C23H24N2O3. The van der Waals surface area contributed by atoms with Crippen LogP contribution in [0, 0.1) is 0 Å². The van der Waals surface area contributed by atoms with Crippen molar-refractivity contribution >= 4 is 11.9 Å². The van der Waals surface area contributed by atoms with E-state index in [1.807, 2.05) is 55.9 Å². The summed E-state index contributed by atoms with van der Waals surface area (Å²) in [5, 5.41) is 0. The van der Waals surface area contributed by atoms with Gasteiger partial charge in [-0.15, -0.1) is 0 Å². The van der Waals surface area contributed by atoms with Crippen molar-refractivity contribution in [2.75, 3.05) is 0 Å². The molecule has 5 nitrogen and oxygen atoms in total. The van der Waals surface area contributed by atoms with Gasteiger partial charge in [0, 0.05) is 30.6 Å². The lowest BCUT2D eigenvalue weighted by molar-refractivity contribution is 0.104. The molecule has 1 aromatic heterocycles. The van der Waals surface area contributed by atoms with E-state index in [9.17, 15) is 4.79 Å². The first kappa shape index (κ1) is 19.4. The number of aryl methyl sites for hydroxylation is 1. The molecule has 0 radical (unpaired) electrons. The Morgan fingerprint density at radius 2 is 1.89 bits per heavy atom. The molecule has 28 heavy (non-hydrogen) atoms. The van der Waals surface area contributed by atoms with E-state index < -0.39 is 0 Å². The van der Waals surface area contributed by atoms with Crippen molar-refractivity contribution in [3.63, 3.8) is 0 Å². The number of rotatable bonds is 8. The number of carbonyl (C=O) groups excluding carboxylic acids is 1. The van der Waals surface area contributed by atoms with Crippen molar-refractivity contribution in [1.29, 1.82) is 0 Å². The number of allylic oxidation sites excluding steroid dienone is 1. The molecule has 144 valence electrons. The summed E-state index contributed by atoms with van der Waals surface area (Å²) in [6.07, 6.45) is 7.02. The molecule has 0 aliphatic rings. The molecule has 3 rings (SSSR count). The first-order valence-electron chi connectivity index (χ1n) is 9.20. The minimum absolute atomic E-state index is 0.0727. The number of imidazole rings is 1. The molecule has 0 atom stereocenters. The highest BCUT2D eigenvalue weighted by atomic mass is 16.5. The molecular weight excluding hydrogens is 352 g/mol. The summed E-state index contributed by atoms with van der Waals surface area (Å²) in [6.45, 7) is 4.33. The first-order valence-corrected chi connectivity index (χ1v) is 9.20. The largest absolute Gasteiger partial charge is 0.490 e. The Bertz CT molecular complexity index is 956. The number of carbonyl (C=O) groups is 1. The van der Waals surface area contributed by atoms with Gasteiger partial charge in [-0.2, -0.15) is 0 Å². The van der Waals surface area contributed by atoms with Gasteiger partial charge in [0.05, 0.1) is 6.10 Å². The average molecular weight is 376 g/mol. The lowest BCUT2D eigenvalue weighted by Gasteiger charge is -2.11. The Kier molecular flexibility index (Phi) is 6.27. The molecule has 0 spiro atoms. The van der Waals surface area contributed by atoms with Crippen LogP contribution in [0.4, 0.5) is 0 Å². The van der Waals surface area contributed by atoms with E-state index in [2.05, 4.69) is 4.98 Å². The van der Waals surface area contributed by atoms with Crippen molar-refractivity contribution in [3.8, 4) is 11.5 Å².